The van der Waals surface area contributed by atoms with Crippen molar-refractivity contribution in [2.24, 2.45) is 0 Å². The van der Waals surface area contributed by atoms with E-state index in [0.717, 1.165) is 21.7 Å². The average Bonchev–Trinajstić information content (AvgIpc) is 2.93. The van der Waals surface area contributed by atoms with E-state index in [-0.39, 0.29) is 6.54 Å². The summed E-state index contributed by atoms with van der Waals surface area (Å²) >= 11 is 6.05. The van der Waals surface area contributed by atoms with Gasteiger partial charge in [0, 0.05) is 25.2 Å². The van der Waals surface area contributed by atoms with Gasteiger partial charge in [-0.15, -0.1) is 0 Å². The van der Waals surface area contributed by atoms with Gasteiger partial charge >= 0.3 is 0 Å². The molecule has 0 aromatic heterocycles. The predicted octanol–water partition coefficient (Wildman–Crippen LogP) is 3.68. The summed E-state index contributed by atoms with van der Waals surface area (Å²) < 4.78 is 35.7. The molecule has 0 fully saturated rings. The topological polar surface area (TPSA) is 105 Å². The van der Waals surface area contributed by atoms with E-state index in [9.17, 15) is 18.0 Å². The molecule has 9 nitrogen and oxygen atoms in total. The number of methoxy groups -OCH3 is 2. The number of halogens is 1. The zero-order valence-electron chi connectivity index (χ0n) is 23.0. The third kappa shape index (κ3) is 8.45. The maximum atomic E-state index is 13.7. The van der Waals surface area contributed by atoms with Crippen molar-refractivity contribution >= 4 is 33.4 Å². The van der Waals surface area contributed by atoms with Gasteiger partial charge in [0.15, 0.2) is 11.5 Å². The summed E-state index contributed by atoms with van der Waals surface area (Å²) in [7, 11) is 0.819. The van der Waals surface area contributed by atoms with E-state index >= 15 is 0 Å². The van der Waals surface area contributed by atoms with E-state index in [2.05, 4.69) is 5.32 Å². The van der Waals surface area contributed by atoms with Gasteiger partial charge in [-0.1, -0.05) is 60.1 Å². The molecule has 0 unspecified atom stereocenters. The molecule has 0 bridgehead atoms. The average molecular weight is 588 g/mol. The molecule has 0 saturated heterocycles. The van der Waals surface area contributed by atoms with Crippen LogP contribution in [0.25, 0.3) is 0 Å². The van der Waals surface area contributed by atoms with Crippen LogP contribution in [-0.4, -0.2) is 70.0 Å². The Morgan fingerprint density at radius 2 is 1.55 bits per heavy atom. The van der Waals surface area contributed by atoms with Gasteiger partial charge in [-0.25, -0.2) is 8.42 Å². The van der Waals surface area contributed by atoms with E-state index in [1.54, 1.807) is 68.8 Å². The molecule has 3 aromatic carbocycles. The van der Waals surface area contributed by atoms with E-state index in [1.165, 1.54) is 11.9 Å². The Morgan fingerprint density at radius 1 is 0.925 bits per heavy atom. The van der Waals surface area contributed by atoms with Crippen molar-refractivity contribution in [2.75, 3.05) is 40.6 Å². The molecule has 214 valence electrons. The number of nitrogens with zero attached hydrogens (tertiary/aromatic N) is 2. The summed E-state index contributed by atoms with van der Waals surface area (Å²) in [6, 6.07) is 20.4. The van der Waals surface area contributed by atoms with Crippen LogP contribution >= 0.6 is 11.6 Å². The Hall–Kier alpha value is -3.60. The molecule has 0 spiro atoms. The minimum absolute atomic E-state index is 0.0657. The van der Waals surface area contributed by atoms with Crippen LogP contribution in [0.15, 0.2) is 72.8 Å². The highest BCUT2D eigenvalue weighted by atomic mass is 35.5. The molecule has 0 aliphatic carbocycles. The number of rotatable bonds is 13. The van der Waals surface area contributed by atoms with Gasteiger partial charge in [-0.05, 0) is 47.4 Å². The first kappa shape index (κ1) is 30.9. The molecule has 1 N–H and O–H groups in total. The minimum atomic E-state index is -3.63. The Balaban J connectivity index is 1.89. The molecule has 0 saturated carbocycles. The number of carbonyl (C=O) groups excluding carboxylic acids is 2. The number of hydrogen-bond acceptors (Lipinski definition) is 6. The van der Waals surface area contributed by atoms with Gasteiger partial charge in [0.1, 0.15) is 6.04 Å². The van der Waals surface area contributed by atoms with Crippen molar-refractivity contribution < 1.29 is 27.5 Å². The molecular formula is C29H34ClN3O6S. The fraction of sp³-hybridized carbons (Fsp3) is 0.310. The molecule has 0 heterocycles. The lowest BCUT2D eigenvalue weighted by Crippen LogP contribution is -2.47. The highest BCUT2D eigenvalue weighted by molar-refractivity contribution is 7.88. The number of ether oxygens (including phenoxy) is 2. The third-order valence-corrected chi connectivity index (χ3v) is 7.86. The second kappa shape index (κ2) is 14.2. The van der Waals surface area contributed by atoms with Gasteiger partial charge < -0.3 is 19.7 Å². The van der Waals surface area contributed by atoms with E-state index < -0.39 is 34.4 Å². The minimum Gasteiger partial charge on any atom is -0.493 e. The van der Waals surface area contributed by atoms with Gasteiger partial charge in [0.05, 0.1) is 27.0 Å². The van der Waals surface area contributed by atoms with Crippen LogP contribution in [0.3, 0.4) is 0 Å². The van der Waals surface area contributed by atoms with Crippen molar-refractivity contribution in [3.63, 3.8) is 0 Å². The number of amides is 2. The zero-order valence-corrected chi connectivity index (χ0v) is 24.5. The van der Waals surface area contributed by atoms with Crippen molar-refractivity contribution in [1.82, 2.24) is 14.5 Å². The fourth-order valence-corrected chi connectivity index (χ4v) is 4.55. The number of benzene rings is 3. The zero-order chi connectivity index (χ0) is 29.3. The van der Waals surface area contributed by atoms with Crippen LogP contribution in [-0.2, 0) is 32.6 Å². The van der Waals surface area contributed by atoms with Crippen LogP contribution in [0.5, 0.6) is 11.5 Å². The molecular weight excluding hydrogens is 554 g/mol. The summed E-state index contributed by atoms with van der Waals surface area (Å²) in [5.74, 6) is 0.279. The van der Waals surface area contributed by atoms with Crippen LogP contribution in [0.4, 0.5) is 0 Å². The molecule has 0 aliphatic heterocycles. The highest BCUT2D eigenvalue weighted by Gasteiger charge is 2.32. The van der Waals surface area contributed by atoms with Crippen molar-refractivity contribution in [3.8, 4) is 11.5 Å². The van der Waals surface area contributed by atoms with Gasteiger partial charge in [0.25, 0.3) is 0 Å². The summed E-state index contributed by atoms with van der Waals surface area (Å²) in [4.78, 5) is 28.7. The molecule has 40 heavy (non-hydrogen) atoms. The van der Waals surface area contributed by atoms with Crippen molar-refractivity contribution in [3.05, 3.63) is 94.5 Å². The first-order valence-electron chi connectivity index (χ1n) is 12.5. The maximum Gasteiger partial charge on any atom is 0.247 e. The lowest BCUT2D eigenvalue weighted by atomic mass is 10.0. The predicted molar refractivity (Wildman–Crippen MR) is 155 cm³/mol. The lowest BCUT2D eigenvalue weighted by Gasteiger charge is -2.32. The van der Waals surface area contributed by atoms with E-state index in [0.29, 0.717) is 35.1 Å². The van der Waals surface area contributed by atoms with E-state index in [1.807, 2.05) is 18.2 Å². The van der Waals surface area contributed by atoms with Crippen molar-refractivity contribution in [2.45, 2.75) is 19.0 Å². The lowest BCUT2D eigenvalue weighted by molar-refractivity contribution is -0.141. The van der Waals surface area contributed by atoms with Crippen LogP contribution in [0, 0.1) is 0 Å². The fourth-order valence-electron chi connectivity index (χ4n) is 4.08. The highest BCUT2D eigenvalue weighted by Crippen LogP contribution is 2.28. The second-order valence-electron chi connectivity index (χ2n) is 9.21. The summed E-state index contributed by atoms with van der Waals surface area (Å²) in [5, 5.41) is 3.49. The molecule has 2 amide bonds. The largest absolute Gasteiger partial charge is 0.493 e. The van der Waals surface area contributed by atoms with Gasteiger partial charge in [-0.2, -0.15) is 4.31 Å². The Bertz CT molecular complexity index is 1400. The molecule has 0 radical (unpaired) electrons. The quantitative estimate of drug-likeness (QED) is 0.327. The Labute approximate surface area is 240 Å². The van der Waals surface area contributed by atoms with E-state index in [4.69, 9.17) is 21.1 Å². The first-order valence-corrected chi connectivity index (χ1v) is 14.7. The number of sulfonamides is 1. The van der Waals surface area contributed by atoms with Crippen LogP contribution in [0.2, 0.25) is 5.02 Å². The molecule has 0 aliphatic rings. The molecule has 11 heteroatoms. The van der Waals surface area contributed by atoms with Gasteiger partial charge in [0.2, 0.25) is 21.8 Å². The smallest absolute Gasteiger partial charge is 0.247 e. The molecule has 3 aromatic rings. The summed E-state index contributed by atoms with van der Waals surface area (Å²) in [6.07, 6.45) is 1.54. The normalized spacial score (nSPS) is 12.1. The monoisotopic (exact) mass is 587 g/mol. The first-order chi connectivity index (χ1) is 19.0. The van der Waals surface area contributed by atoms with Crippen LogP contribution in [0.1, 0.15) is 22.7 Å². The number of nitrogens with one attached hydrogen (secondary N) is 1. The third-order valence-electron chi connectivity index (χ3n) is 6.35. The summed E-state index contributed by atoms with van der Waals surface area (Å²) in [6.45, 7) is -0.0607. The van der Waals surface area contributed by atoms with Crippen molar-refractivity contribution in [1.29, 1.82) is 0 Å². The van der Waals surface area contributed by atoms with Gasteiger partial charge in [-0.3, -0.25) is 9.59 Å². The number of likely N-dealkylation sites (N-methyl/N-ethyl adjacent to an activating group) is 1. The van der Waals surface area contributed by atoms with Crippen LogP contribution < -0.4 is 14.8 Å². The summed E-state index contributed by atoms with van der Waals surface area (Å²) in [5.41, 5.74) is 2.26. The molecule has 3 rings (SSSR count). The number of hydrogen-bond donors (Lipinski definition) is 1. The Kier molecular flexibility index (Phi) is 10.9. The maximum absolute atomic E-state index is 13.7. The standard InChI is InChI=1S/C29H34ClN3O6S/c1-32(40(4,36)37)20-27(34)33(19-22-10-13-24(30)14-11-22)28(23-8-6-5-7-9-23)29(35)31-17-16-21-12-15-25(38-2)26(18-21)39-3/h5-15,18,28H,16-17,19-20H2,1-4H3,(H,31,35)/t28-/m0/s1. The Morgan fingerprint density at radius 3 is 2.15 bits per heavy atom. The second-order valence-corrected chi connectivity index (χ2v) is 11.7. The number of carbonyl (C=O) groups is 2. The molecule has 1 atom stereocenters. The SMILES string of the molecule is COc1ccc(CCNC(=O)[C@H](c2ccccc2)N(Cc2ccc(Cl)cc2)C(=O)CN(C)S(C)(=O)=O)cc1OC.